The number of hydrazine groups is 1. The van der Waals surface area contributed by atoms with Crippen LogP contribution in [0, 0.1) is 40.9 Å². The van der Waals surface area contributed by atoms with Gasteiger partial charge in [0.25, 0.3) is 5.70 Å². The zero-order chi connectivity index (χ0) is 28.2. The van der Waals surface area contributed by atoms with Crippen molar-refractivity contribution in [1.29, 1.82) is 0 Å². The summed E-state index contributed by atoms with van der Waals surface area (Å²) in [6.07, 6.45) is 15.9. The van der Waals surface area contributed by atoms with Crippen LogP contribution in [0.2, 0.25) is 0 Å². The molecule has 6 rings (SSSR count). The molecule has 0 aromatic carbocycles. The SMILES string of the molecule is COC(=O)C1=CN([C@H]2CC[C@@]3(C)[C@H](CCC4[C@@H]5CC[C@@](OC)([C@H](C)[C@H]6CC[C@H](C)CN6)CC(C)=C5C[C@@H]43)C2)N[NH2+]1. The van der Waals surface area contributed by atoms with E-state index >= 15 is 0 Å². The highest BCUT2D eigenvalue weighted by Crippen LogP contribution is 2.65. The number of rotatable bonds is 5. The van der Waals surface area contributed by atoms with Gasteiger partial charge in [0.15, 0.2) is 0 Å². The summed E-state index contributed by atoms with van der Waals surface area (Å²) >= 11 is 0. The van der Waals surface area contributed by atoms with Crippen LogP contribution in [0.1, 0.15) is 98.3 Å². The minimum Gasteiger partial charge on any atom is -0.461 e. The Balaban J connectivity index is 1.17. The first-order valence-corrected chi connectivity index (χ1v) is 16.3. The average molecular weight is 556 g/mol. The van der Waals surface area contributed by atoms with Crippen LogP contribution < -0.4 is 16.3 Å². The molecule has 7 heteroatoms. The summed E-state index contributed by atoms with van der Waals surface area (Å²) in [5.74, 6) is 4.22. The van der Waals surface area contributed by atoms with E-state index in [1.807, 2.05) is 18.9 Å². The Kier molecular flexibility index (Phi) is 7.90. The third-order valence-corrected chi connectivity index (χ3v) is 13.1. The molecule has 3 saturated carbocycles. The molecule has 4 fully saturated rings. The highest BCUT2D eigenvalue weighted by Gasteiger charge is 2.57. The highest BCUT2D eigenvalue weighted by atomic mass is 16.5. The Morgan fingerprint density at radius 3 is 2.70 bits per heavy atom. The lowest BCUT2D eigenvalue weighted by atomic mass is 9.52. The quantitative estimate of drug-likeness (QED) is 0.265. The third kappa shape index (κ3) is 4.77. The van der Waals surface area contributed by atoms with Gasteiger partial charge in [-0.15, -0.1) is 0 Å². The lowest BCUT2D eigenvalue weighted by Crippen LogP contribution is -2.92. The van der Waals surface area contributed by atoms with Gasteiger partial charge in [-0.05, 0) is 119 Å². The molecule has 10 atom stereocenters. The summed E-state index contributed by atoms with van der Waals surface area (Å²) in [4.78, 5) is 12.0. The molecule has 6 aliphatic rings. The molecule has 4 N–H and O–H groups in total. The number of allylic oxidation sites excluding steroid dienone is 1. The molecule has 0 bridgehead atoms. The zero-order valence-corrected chi connectivity index (χ0v) is 25.9. The van der Waals surface area contributed by atoms with Crippen LogP contribution in [0.4, 0.5) is 0 Å². The zero-order valence-electron chi connectivity index (χ0n) is 25.9. The molecule has 0 aromatic heterocycles. The number of hydrogen-bond donors (Lipinski definition) is 3. The Morgan fingerprint density at radius 2 is 1.98 bits per heavy atom. The van der Waals surface area contributed by atoms with E-state index in [4.69, 9.17) is 9.47 Å². The van der Waals surface area contributed by atoms with Crippen molar-refractivity contribution in [3.63, 3.8) is 0 Å². The molecule has 1 saturated heterocycles. The normalized spacial score (nSPS) is 44.3. The number of hydrogen-bond acceptors (Lipinski definition) is 6. The van der Waals surface area contributed by atoms with Gasteiger partial charge in [-0.1, -0.05) is 37.5 Å². The predicted molar refractivity (Wildman–Crippen MR) is 156 cm³/mol. The molecule has 7 nitrogen and oxygen atoms in total. The van der Waals surface area contributed by atoms with Gasteiger partial charge in [0.1, 0.15) is 0 Å². The number of esters is 1. The fourth-order valence-electron chi connectivity index (χ4n) is 10.5. The standard InChI is InChI=1S/C33H54N4O3/c1-20-7-10-29(34-18-20)22(3)33(40-6)14-12-25-26-9-8-23-15-24(37-19-30(35-36-37)31(38)39-5)11-13-32(23,4)28(26)16-27(25)21(2)17-33/h19-20,22-26,28-29,34-36H,7-18H2,1-6H3/p+1/t20-,22+,23+,24-,25-,26?,28-,29+,32-,33-/m0/s1. The summed E-state index contributed by atoms with van der Waals surface area (Å²) in [5.41, 5.74) is 9.61. The molecule has 1 unspecified atom stereocenters. The number of ether oxygens (including phenoxy) is 2. The molecule has 2 aliphatic heterocycles. The molecule has 2 heterocycles. The van der Waals surface area contributed by atoms with Gasteiger partial charge in [-0.3, -0.25) is 5.01 Å². The van der Waals surface area contributed by atoms with E-state index < -0.39 is 0 Å². The van der Waals surface area contributed by atoms with Crippen LogP contribution in [0.25, 0.3) is 0 Å². The van der Waals surface area contributed by atoms with Gasteiger partial charge in [-0.25, -0.2) is 10.2 Å². The first-order valence-electron chi connectivity index (χ1n) is 16.3. The van der Waals surface area contributed by atoms with Crippen LogP contribution in [0.3, 0.4) is 0 Å². The van der Waals surface area contributed by atoms with Gasteiger partial charge in [0.2, 0.25) is 0 Å². The van der Waals surface area contributed by atoms with E-state index in [2.05, 4.69) is 43.6 Å². The monoisotopic (exact) mass is 555 g/mol. The maximum atomic E-state index is 12.0. The van der Waals surface area contributed by atoms with Gasteiger partial charge in [0, 0.05) is 19.1 Å². The van der Waals surface area contributed by atoms with Crippen molar-refractivity contribution in [3.8, 4) is 0 Å². The fourth-order valence-corrected chi connectivity index (χ4v) is 10.5. The van der Waals surface area contributed by atoms with E-state index in [0.717, 1.165) is 42.6 Å². The van der Waals surface area contributed by atoms with Gasteiger partial charge < -0.3 is 14.8 Å². The number of nitrogens with two attached hydrogens (primary N) is 1. The van der Waals surface area contributed by atoms with Crippen molar-refractivity contribution in [2.45, 2.75) is 116 Å². The number of fused-ring (bicyclic) bond motifs is 5. The van der Waals surface area contributed by atoms with Crippen molar-refractivity contribution >= 4 is 5.97 Å². The summed E-state index contributed by atoms with van der Waals surface area (Å²) in [6.45, 7) is 11.1. The molecule has 4 aliphatic carbocycles. The Hall–Kier alpha value is -1.41. The number of quaternary nitrogens is 1. The number of methoxy groups -OCH3 is 2. The summed E-state index contributed by atoms with van der Waals surface area (Å²) in [5, 5.41) is 6.07. The first-order chi connectivity index (χ1) is 19.2. The Bertz CT molecular complexity index is 1030. The topological polar surface area (TPSA) is 79.4 Å². The molecule has 0 aromatic rings. The molecular weight excluding hydrogens is 500 g/mol. The van der Waals surface area contributed by atoms with E-state index in [1.54, 1.807) is 11.0 Å². The molecule has 224 valence electrons. The van der Waals surface area contributed by atoms with Gasteiger partial charge in [-0.2, -0.15) is 0 Å². The van der Waals surface area contributed by atoms with Crippen LogP contribution in [-0.2, 0) is 14.3 Å². The lowest BCUT2D eigenvalue weighted by Gasteiger charge is -2.54. The third-order valence-electron chi connectivity index (χ3n) is 13.1. The van der Waals surface area contributed by atoms with E-state index in [0.29, 0.717) is 29.1 Å². The summed E-state index contributed by atoms with van der Waals surface area (Å²) in [7, 11) is 3.44. The van der Waals surface area contributed by atoms with Crippen LogP contribution in [0.5, 0.6) is 0 Å². The van der Waals surface area contributed by atoms with Crippen LogP contribution in [0.15, 0.2) is 23.0 Å². The van der Waals surface area contributed by atoms with Crippen molar-refractivity contribution in [2.24, 2.45) is 40.9 Å². The number of piperidine rings is 1. The Labute approximate surface area is 242 Å². The first kappa shape index (κ1) is 28.7. The van der Waals surface area contributed by atoms with Crippen LogP contribution in [-0.4, -0.2) is 49.4 Å². The van der Waals surface area contributed by atoms with Gasteiger partial charge in [0.05, 0.1) is 25.0 Å². The van der Waals surface area contributed by atoms with Crippen molar-refractivity contribution < 1.29 is 19.7 Å². The van der Waals surface area contributed by atoms with Gasteiger partial charge >= 0.3 is 5.97 Å². The van der Waals surface area contributed by atoms with E-state index in [1.165, 1.54) is 71.3 Å². The summed E-state index contributed by atoms with van der Waals surface area (Å²) in [6, 6.07) is 1.02. The largest absolute Gasteiger partial charge is 0.461 e. The van der Waals surface area contributed by atoms with Crippen molar-refractivity contribution in [3.05, 3.63) is 23.0 Å². The lowest BCUT2D eigenvalue weighted by molar-refractivity contribution is -0.673. The maximum Gasteiger partial charge on any atom is 0.396 e. The predicted octanol–water partition coefficient (Wildman–Crippen LogP) is 4.43. The fraction of sp³-hybridized carbons (Fsp3) is 0.848. The van der Waals surface area contributed by atoms with Crippen molar-refractivity contribution in [2.75, 3.05) is 20.8 Å². The number of nitrogens with one attached hydrogen (secondary N) is 2. The van der Waals surface area contributed by atoms with Crippen LogP contribution >= 0.6 is 0 Å². The number of carbonyl (C=O) groups is 1. The minimum absolute atomic E-state index is 0.0371. The maximum absolute atomic E-state index is 12.0. The molecule has 0 amide bonds. The molecular formula is C33H55N4O3+. The second-order valence-electron chi connectivity index (χ2n) is 14.8. The highest BCUT2D eigenvalue weighted by molar-refractivity contribution is 5.85. The van der Waals surface area contributed by atoms with E-state index in [9.17, 15) is 4.79 Å². The van der Waals surface area contributed by atoms with Crippen molar-refractivity contribution in [1.82, 2.24) is 15.9 Å². The smallest absolute Gasteiger partial charge is 0.396 e. The number of nitrogens with zero attached hydrogens (tertiary/aromatic N) is 1. The Morgan fingerprint density at radius 1 is 1.15 bits per heavy atom. The second-order valence-corrected chi connectivity index (χ2v) is 14.8. The molecule has 0 spiro atoms. The second kappa shape index (κ2) is 11.0. The van der Waals surface area contributed by atoms with E-state index in [-0.39, 0.29) is 11.6 Å². The average Bonchev–Trinajstić information content (AvgIpc) is 3.57. The number of carbonyl (C=O) groups excluding carboxylic acids is 1. The minimum atomic E-state index is -0.263. The molecule has 40 heavy (non-hydrogen) atoms. The molecule has 0 radical (unpaired) electrons. The summed E-state index contributed by atoms with van der Waals surface area (Å²) < 4.78 is 11.5.